The highest BCUT2D eigenvalue weighted by atomic mass is 16.3. The van der Waals surface area contributed by atoms with Crippen LogP contribution < -0.4 is 0 Å². The number of hydrogen-bond donors (Lipinski definition) is 1. The van der Waals surface area contributed by atoms with E-state index < -0.39 is 0 Å². The summed E-state index contributed by atoms with van der Waals surface area (Å²) in [5.74, 6) is 0. The molecule has 0 aromatic carbocycles. The minimum Gasteiger partial charge on any atom is -0.387 e. The molecule has 1 unspecified atom stereocenters. The Balaban J connectivity index is 4.61. The maximum Gasteiger partial charge on any atom is 0.105 e. The van der Waals surface area contributed by atoms with Crippen LogP contribution in [0.3, 0.4) is 0 Å². The van der Waals surface area contributed by atoms with E-state index in [2.05, 4.69) is 27.7 Å². The standard InChI is InChI=1S/C16H36NO/c1-5-9-12-17(13-10-6-2,14-11-7-3)15-16(18)8-4/h16,18H,5-15H2,1-4H3/q+1. The van der Waals surface area contributed by atoms with Gasteiger partial charge in [0.05, 0.1) is 19.6 Å². The van der Waals surface area contributed by atoms with Gasteiger partial charge in [0.1, 0.15) is 12.6 Å². The van der Waals surface area contributed by atoms with Crippen LogP contribution in [0.1, 0.15) is 72.6 Å². The summed E-state index contributed by atoms with van der Waals surface area (Å²) < 4.78 is 1.16. The van der Waals surface area contributed by atoms with Crippen LogP contribution in [0, 0.1) is 0 Å². The summed E-state index contributed by atoms with van der Waals surface area (Å²) in [5, 5.41) is 10.1. The Kier molecular flexibility index (Phi) is 10.8. The van der Waals surface area contributed by atoms with Gasteiger partial charge in [-0.3, -0.25) is 0 Å². The van der Waals surface area contributed by atoms with E-state index in [0.717, 1.165) is 17.4 Å². The zero-order valence-corrected chi connectivity index (χ0v) is 13.2. The second kappa shape index (κ2) is 10.8. The van der Waals surface area contributed by atoms with Gasteiger partial charge in [-0.05, 0) is 25.7 Å². The van der Waals surface area contributed by atoms with Crippen LogP contribution >= 0.6 is 0 Å². The molecule has 0 heterocycles. The normalized spacial score (nSPS) is 13.8. The van der Waals surface area contributed by atoms with Crippen molar-refractivity contribution in [2.45, 2.75) is 78.7 Å². The fraction of sp³-hybridized carbons (Fsp3) is 1.00. The molecule has 0 saturated carbocycles. The van der Waals surface area contributed by atoms with Gasteiger partial charge in [0.15, 0.2) is 0 Å². The molecule has 2 heteroatoms. The van der Waals surface area contributed by atoms with Crippen LogP contribution in [0.4, 0.5) is 0 Å². The van der Waals surface area contributed by atoms with Crippen molar-refractivity contribution in [3.63, 3.8) is 0 Å². The van der Waals surface area contributed by atoms with Crippen LogP contribution in [-0.4, -0.2) is 41.9 Å². The number of quaternary nitrogens is 1. The summed E-state index contributed by atoms with van der Waals surface area (Å²) in [6.07, 6.45) is 8.46. The fourth-order valence-corrected chi connectivity index (χ4v) is 2.67. The quantitative estimate of drug-likeness (QED) is 0.525. The number of hydrogen-bond acceptors (Lipinski definition) is 1. The maximum absolute atomic E-state index is 10.1. The van der Waals surface area contributed by atoms with Gasteiger partial charge in [-0.25, -0.2) is 0 Å². The first-order valence-electron chi connectivity index (χ1n) is 8.17. The third-order valence-corrected chi connectivity index (χ3v) is 4.03. The minimum atomic E-state index is -0.115. The second-order valence-corrected chi connectivity index (χ2v) is 5.82. The number of aliphatic hydroxyl groups is 1. The van der Waals surface area contributed by atoms with Gasteiger partial charge in [0.25, 0.3) is 0 Å². The minimum absolute atomic E-state index is 0.115. The van der Waals surface area contributed by atoms with Gasteiger partial charge in [-0.2, -0.15) is 0 Å². The molecule has 0 aliphatic heterocycles. The Hall–Kier alpha value is -0.0800. The van der Waals surface area contributed by atoms with Gasteiger partial charge in [0, 0.05) is 0 Å². The van der Waals surface area contributed by atoms with Gasteiger partial charge >= 0.3 is 0 Å². The zero-order valence-electron chi connectivity index (χ0n) is 13.2. The average Bonchev–Trinajstić information content (AvgIpc) is 2.40. The van der Waals surface area contributed by atoms with Gasteiger partial charge in [-0.1, -0.05) is 47.0 Å². The third kappa shape index (κ3) is 7.38. The molecule has 0 fully saturated rings. The Bertz CT molecular complexity index is 160. The van der Waals surface area contributed by atoms with Gasteiger partial charge < -0.3 is 9.59 Å². The highest BCUT2D eigenvalue weighted by Gasteiger charge is 2.28. The SMILES string of the molecule is CCCC[N+](CCCC)(CCCC)CC(O)CC. The molecular formula is C16H36NO+. The second-order valence-electron chi connectivity index (χ2n) is 5.82. The molecule has 1 N–H and O–H groups in total. The molecule has 0 spiro atoms. The van der Waals surface area contributed by atoms with Crippen molar-refractivity contribution in [3.8, 4) is 0 Å². The monoisotopic (exact) mass is 258 g/mol. The van der Waals surface area contributed by atoms with Crippen molar-refractivity contribution in [1.82, 2.24) is 0 Å². The van der Waals surface area contributed by atoms with Crippen LogP contribution in [0.25, 0.3) is 0 Å². The molecule has 1 atom stereocenters. The predicted octanol–water partition coefficient (Wildman–Crippen LogP) is 3.97. The predicted molar refractivity (Wildman–Crippen MR) is 80.8 cm³/mol. The molecule has 0 amide bonds. The molecule has 0 aromatic heterocycles. The van der Waals surface area contributed by atoms with E-state index in [1.165, 1.54) is 58.2 Å². The Morgan fingerprint density at radius 2 is 1.17 bits per heavy atom. The highest BCUT2D eigenvalue weighted by Crippen LogP contribution is 2.16. The summed E-state index contributed by atoms with van der Waals surface area (Å²) in [6.45, 7) is 13.6. The lowest BCUT2D eigenvalue weighted by atomic mass is 10.1. The third-order valence-electron chi connectivity index (χ3n) is 4.03. The van der Waals surface area contributed by atoms with Gasteiger partial charge in [0.2, 0.25) is 0 Å². The van der Waals surface area contributed by atoms with Crippen LogP contribution in [0.5, 0.6) is 0 Å². The van der Waals surface area contributed by atoms with Crippen LogP contribution in [-0.2, 0) is 0 Å². The number of nitrogens with zero attached hydrogens (tertiary/aromatic N) is 1. The van der Waals surface area contributed by atoms with E-state index in [4.69, 9.17) is 0 Å². The Labute approximate surface area is 115 Å². The van der Waals surface area contributed by atoms with Crippen molar-refractivity contribution >= 4 is 0 Å². The molecule has 2 nitrogen and oxygen atoms in total. The maximum atomic E-state index is 10.1. The average molecular weight is 258 g/mol. The molecule has 0 saturated heterocycles. The van der Waals surface area contributed by atoms with Crippen LogP contribution in [0.15, 0.2) is 0 Å². The molecule has 0 bridgehead atoms. The summed E-state index contributed by atoms with van der Waals surface area (Å²) in [6, 6.07) is 0. The van der Waals surface area contributed by atoms with Crippen molar-refractivity contribution in [2.75, 3.05) is 26.2 Å². The molecule has 0 aliphatic rings. The van der Waals surface area contributed by atoms with E-state index in [9.17, 15) is 5.11 Å². The first-order valence-corrected chi connectivity index (χ1v) is 8.17. The van der Waals surface area contributed by atoms with Gasteiger partial charge in [-0.15, -0.1) is 0 Å². The largest absolute Gasteiger partial charge is 0.387 e. The topological polar surface area (TPSA) is 20.2 Å². The highest BCUT2D eigenvalue weighted by molar-refractivity contribution is 4.55. The number of unbranched alkanes of at least 4 members (excludes halogenated alkanes) is 3. The molecule has 0 aliphatic carbocycles. The Morgan fingerprint density at radius 1 is 0.778 bits per heavy atom. The molecule has 0 radical (unpaired) electrons. The zero-order chi connectivity index (χ0) is 13.9. The van der Waals surface area contributed by atoms with Crippen molar-refractivity contribution in [3.05, 3.63) is 0 Å². The fourth-order valence-electron chi connectivity index (χ4n) is 2.67. The smallest absolute Gasteiger partial charge is 0.105 e. The first-order chi connectivity index (χ1) is 8.64. The van der Waals surface area contributed by atoms with E-state index >= 15 is 0 Å². The molecule has 110 valence electrons. The van der Waals surface area contributed by atoms with E-state index in [1.54, 1.807) is 0 Å². The molecule has 0 aromatic rings. The lowest BCUT2D eigenvalue weighted by molar-refractivity contribution is -0.931. The summed E-state index contributed by atoms with van der Waals surface area (Å²) >= 11 is 0. The summed E-state index contributed by atoms with van der Waals surface area (Å²) in [5.41, 5.74) is 0. The van der Waals surface area contributed by atoms with Crippen molar-refractivity contribution < 1.29 is 9.59 Å². The van der Waals surface area contributed by atoms with E-state index in [1.807, 2.05) is 0 Å². The lowest BCUT2D eigenvalue weighted by Crippen LogP contribution is -2.54. The van der Waals surface area contributed by atoms with E-state index in [-0.39, 0.29) is 6.10 Å². The summed E-state index contributed by atoms with van der Waals surface area (Å²) in [4.78, 5) is 0. The van der Waals surface area contributed by atoms with Crippen LogP contribution in [0.2, 0.25) is 0 Å². The number of aliphatic hydroxyl groups excluding tert-OH is 1. The molecular weight excluding hydrogens is 222 g/mol. The first kappa shape index (κ1) is 17.9. The lowest BCUT2D eigenvalue weighted by Gasteiger charge is -2.40. The number of rotatable bonds is 12. The molecule has 0 rings (SSSR count). The van der Waals surface area contributed by atoms with E-state index in [0.29, 0.717) is 0 Å². The van der Waals surface area contributed by atoms with Crippen molar-refractivity contribution in [1.29, 1.82) is 0 Å². The summed E-state index contributed by atoms with van der Waals surface area (Å²) in [7, 11) is 0. The van der Waals surface area contributed by atoms with Crippen molar-refractivity contribution in [2.24, 2.45) is 0 Å². The molecule has 18 heavy (non-hydrogen) atoms. The Morgan fingerprint density at radius 3 is 1.44 bits per heavy atom.